The number of aliphatic hydroxyl groups excluding tert-OH is 1. The summed E-state index contributed by atoms with van der Waals surface area (Å²) in [7, 11) is 0. The molecule has 1 aliphatic rings. The summed E-state index contributed by atoms with van der Waals surface area (Å²) in [6.07, 6.45) is 14.9. The minimum absolute atomic E-state index is 0.0455. The van der Waals surface area contributed by atoms with Crippen LogP contribution in [0.15, 0.2) is 12.2 Å². The molecule has 1 aliphatic heterocycles. The first-order chi connectivity index (χ1) is 10.6. The summed E-state index contributed by atoms with van der Waals surface area (Å²) in [5.74, 6) is -0.769. The first kappa shape index (κ1) is 19.2. The molecule has 0 aliphatic carbocycles. The zero-order valence-corrected chi connectivity index (χ0v) is 13.9. The summed E-state index contributed by atoms with van der Waals surface area (Å²) < 4.78 is 5.52. The van der Waals surface area contributed by atoms with E-state index >= 15 is 0 Å². The molecule has 0 bridgehead atoms. The molecule has 22 heavy (non-hydrogen) atoms. The number of rotatable bonds is 14. The van der Waals surface area contributed by atoms with E-state index in [4.69, 9.17) is 9.84 Å². The second-order valence-corrected chi connectivity index (χ2v) is 6.25. The molecule has 128 valence electrons. The van der Waals surface area contributed by atoms with Crippen LogP contribution in [0.25, 0.3) is 0 Å². The molecule has 3 atom stereocenters. The van der Waals surface area contributed by atoms with E-state index in [1.807, 2.05) is 6.08 Å². The van der Waals surface area contributed by atoms with Gasteiger partial charge in [-0.1, -0.05) is 64.0 Å². The van der Waals surface area contributed by atoms with Crippen molar-refractivity contribution in [3.63, 3.8) is 0 Å². The van der Waals surface area contributed by atoms with E-state index in [0.717, 1.165) is 6.42 Å². The fourth-order valence-corrected chi connectivity index (χ4v) is 2.71. The molecule has 0 aromatic heterocycles. The van der Waals surface area contributed by atoms with Gasteiger partial charge in [0.15, 0.2) is 0 Å². The number of carbonyl (C=O) groups is 1. The van der Waals surface area contributed by atoms with Gasteiger partial charge >= 0.3 is 5.97 Å². The maximum absolute atomic E-state index is 10.4. The van der Waals surface area contributed by atoms with Crippen LogP contribution in [0, 0.1) is 0 Å². The Balaban J connectivity index is 1.95. The Bertz CT molecular complexity index is 327. The molecule has 1 saturated heterocycles. The lowest BCUT2D eigenvalue weighted by molar-refractivity contribution is -0.137. The molecule has 1 rings (SSSR count). The lowest BCUT2D eigenvalue weighted by Crippen LogP contribution is -2.13. The van der Waals surface area contributed by atoms with Crippen molar-refractivity contribution in [3.05, 3.63) is 12.2 Å². The first-order valence-electron chi connectivity index (χ1n) is 8.87. The number of aliphatic carboxylic acids is 1. The van der Waals surface area contributed by atoms with E-state index < -0.39 is 12.1 Å². The SMILES string of the molecule is CCCCCCCCCC1OC1C(O)/C=C\CCCC(=O)O. The fraction of sp³-hybridized carbons (Fsp3) is 0.833. The minimum Gasteiger partial charge on any atom is -0.481 e. The number of hydrogen-bond donors (Lipinski definition) is 2. The van der Waals surface area contributed by atoms with E-state index in [2.05, 4.69) is 6.92 Å². The summed E-state index contributed by atoms with van der Waals surface area (Å²) in [5, 5.41) is 18.5. The van der Waals surface area contributed by atoms with Crippen LogP contribution >= 0.6 is 0 Å². The van der Waals surface area contributed by atoms with Gasteiger partial charge < -0.3 is 14.9 Å². The van der Waals surface area contributed by atoms with Gasteiger partial charge in [-0.3, -0.25) is 4.79 Å². The number of hydrogen-bond acceptors (Lipinski definition) is 3. The second-order valence-electron chi connectivity index (χ2n) is 6.25. The third-order valence-electron chi connectivity index (χ3n) is 4.15. The Kier molecular flexibility index (Phi) is 10.2. The van der Waals surface area contributed by atoms with E-state index in [1.165, 1.54) is 44.9 Å². The first-order valence-corrected chi connectivity index (χ1v) is 8.87. The smallest absolute Gasteiger partial charge is 0.303 e. The Hall–Kier alpha value is -0.870. The van der Waals surface area contributed by atoms with Gasteiger partial charge in [-0.05, 0) is 19.3 Å². The van der Waals surface area contributed by atoms with Gasteiger partial charge in [0.25, 0.3) is 0 Å². The van der Waals surface area contributed by atoms with E-state index in [1.54, 1.807) is 6.08 Å². The standard InChI is InChI=1S/C18H32O4/c1-2-3-4-5-6-7-10-13-16-18(22-16)15(19)12-9-8-11-14-17(20)21/h9,12,15-16,18-19H,2-8,10-11,13-14H2,1H3,(H,20,21)/b12-9-. The third-order valence-corrected chi connectivity index (χ3v) is 4.15. The van der Waals surface area contributed by atoms with Crippen LogP contribution in [0.1, 0.15) is 77.6 Å². The molecule has 0 spiro atoms. The zero-order chi connectivity index (χ0) is 16.2. The molecule has 0 aromatic rings. The van der Waals surface area contributed by atoms with Crippen LogP contribution in [-0.4, -0.2) is 34.5 Å². The summed E-state index contributed by atoms with van der Waals surface area (Å²) >= 11 is 0. The Labute approximate surface area is 134 Å². The van der Waals surface area contributed by atoms with Crippen molar-refractivity contribution in [2.24, 2.45) is 0 Å². The van der Waals surface area contributed by atoms with Crippen molar-refractivity contribution >= 4 is 5.97 Å². The van der Waals surface area contributed by atoms with Crippen LogP contribution in [-0.2, 0) is 9.53 Å². The largest absolute Gasteiger partial charge is 0.481 e. The normalized spacial score (nSPS) is 22.1. The van der Waals surface area contributed by atoms with Gasteiger partial charge in [0, 0.05) is 6.42 Å². The van der Waals surface area contributed by atoms with Gasteiger partial charge in [-0.15, -0.1) is 0 Å². The van der Waals surface area contributed by atoms with Gasteiger partial charge in [0.2, 0.25) is 0 Å². The summed E-state index contributed by atoms with van der Waals surface area (Å²) in [5.41, 5.74) is 0. The zero-order valence-electron chi connectivity index (χ0n) is 13.9. The molecule has 4 nitrogen and oxygen atoms in total. The van der Waals surface area contributed by atoms with Gasteiger partial charge in [-0.2, -0.15) is 0 Å². The molecule has 2 N–H and O–H groups in total. The van der Waals surface area contributed by atoms with Crippen molar-refractivity contribution in [1.29, 1.82) is 0 Å². The topological polar surface area (TPSA) is 70.1 Å². The van der Waals surface area contributed by atoms with Crippen LogP contribution in [0.5, 0.6) is 0 Å². The van der Waals surface area contributed by atoms with E-state index in [-0.39, 0.29) is 18.6 Å². The molecule has 0 aromatic carbocycles. The predicted molar refractivity (Wildman–Crippen MR) is 87.9 cm³/mol. The molecule has 4 heteroatoms. The molecular weight excluding hydrogens is 280 g/mol. The molecule has 3 unspecified atom stereocenters. The predicted octanol–water partition coefficient (Wildman–Crippen LogP) is 4.07. The molecule has 0 saturated carbocycles. The maximum Gasteiger partial charge on any atom is 0.303 e. The number of carboxylic acid groups (broad SMARTS) is 1. The van der Waals surface area contributed by atoms with Gasteiger partial charge in [0.05, 0.1) is 6.10 Å². The number of unbranched alkanes of at least 4 members (excludes halogenated alkanes) is 7. The number of allylic oxidation sites excluding steroid dienone is 1. The average molecular weight is 312 g/mol. The van der Waals surface area contributed by atoms with Crippen LogP contribution < -0.4 is 0 Å². The third kappa shape index (κ3) is 9.21. The molecule has 0 radical (unpaired) electrons. The van der Waals surface area contributed by atoms with Crippen molar-refractivity contribution in [1.82, 2.24) is 0 Å². The van der Waals surface area contributed by atoms with Crippen molar-refractivity contribution in [3.8, 4) is 0 Å². The minimum atomic E-state index is -0.769. The monoisotopic (exact) mass is 312 g/mol. The highest BCUT2D eigenvalue weighted by molar-refractivity contribution is 5.66. The number of aliphatic hydroxyl groups is 1. The lowest BCUT2D eigenvalue weighted by atomic mass is 10.0. The van der Waals surface area contributed by atoms with Crippen molar-refractivity contribution in [2.75, 3.05) is 0 Å². The lowest BCUT2D eigenvalue weighted by Gasteiger charge is -2.02. The number of epoxide rings is 1. The van der Waals surface area contributed by atoms with Crippen LogP contribution in [0.3, 0.4) is 0 Å². The molecule has 1 fully saturated rings. The van der Waals surface area contributed by atoms with E-state index in [9.17, 15) is 9.90 Å². The highest BCUT2D eigenvalue weighted by Gasteiger charge is 2.42. The average Bonchev–Trinajstić information content (AvgIpc) is 3.25. The molecule has 0 amide bonds. The fourth-order valence-electron chi connectivity index (χ4n) is 2.71. The highest BCUT2D eigenvalue weighted by Crippen LogP contribution is 2.31. The highest BCUT2D eigenvalue weighted by atomic mass is 16.6. The summed E-state index contributed by atoms with van der Waals surface area (Å²) in [6.45, 7) is 2.23. The van der Waals surface area contributed by atoms with Crippen molar-refractivity contribution < 1.29 is 19.7 Å². The summed E-state index contributed by atoms with van der Waals surface area (Å²) in [6, 6.07) is 0. The van der Waals surface area contributed by atoms with Gasteiger partial charge in [-0.25, -0.2) is 0 Å². The van der Waals surface area contributed by atoms with Crippen LogP contribution in [0.4, 0.5) is 0 Å². The van der Waals surface area contributed by atoms with Gasteiger partial charge in [0.1, 0.15) is 12.2 Å². The number of carboxylic acids is 1. The van der Waals surface area contributed by atoms with E-state index in [0.29, 0.717) is 12.8 Å². The number of ether oxygens (including phenoxy) is 1. The molecular formula is C18H32O4. The Morgan fingerprint density at radius 1 is 1.14 bits per heavy atom. The summed E-state index contributed by atoms with van der Waals surface area (Å²) in [4.78, 5) is 10.4. The molecule has 1 heterocycles. The Morgan fingerprint density at radius 3 is 2.50 bits per heavy atom. The van der Waals surface area contributed by atoms with Crippen molar-refractivity contribution in [2.45, 2.75) is 95.9 Å². The quantitative estimate of drug-likeness (QED) is 0.288. The van der Waals surface area contributed by atoms with Crippen LogP contribution in [0.2, 0.25) is 0 Å². The maximum atomic E-state index is 10.4. The Morgan fingerprint density at radius 2 is 1.82 bits per heavy atom. The second kappa shape index (κ2) is 11.7.